The molecule has 1 aromatic carbocycles. The first-order chi connectivity index (χ1) is 13.1. The second kappa shape index (κ2) is 9.01. The van der Waals surface area contributed by atoms with Crippen molar-refractivity contribution in [2.45, 2.75) is 37.4 Å². The summed E-state index contributed by atoms with van der Waals surface area (Å²) >= 11 is 2.99. The van der Waals surface area contributed by atoms with Crippen LogP contribution in [-0.2, 0) is 6.42 Å². The number of benzene rings is 1. The maximum absolute atomic E-state index is 12.4. The summed E-state index contributed by atoms with van der Waals surface area (Å²) in [4.78, 5) is 12.4. The van der Waals surface area contributed by atoms with E-state index < -0.39 is 0 Å². The van der Waals surface area contributed by atoms with E-state index in [1.165, 1.54) is 11.3 Å². The molecule has 0 unspecified atom stereocenters. The molecule has 0 saturated carbocycles. The zero-order valence-electron chi connectivity index (χ0n) is 15.2. The van der Waals surface area contributed by atoms with Gasteiger partial charge < -0.3 is 5.11 Å². The number of carbonyl (C=O) groups excluding carboxylic acids is 1. The van der Waals surface area contributed by atoms with Gasteiger partial charge in [-0.3, -0.25) is 15.2 Å². The quantitative estimate of drug-likeness (QED) is 0.294. The van der Waals surface area contributed by atoms with Gasteiger partial charge in [0.15, 0.2) is 4.34 Å². The van der Waals surface area contributed by atoms with E-state index in [2.05, 4.69) is 32.6 Å². The Balaban J connectivity index is 1.69. The zero-order chi connectivity index (χ0) is 19.2. The Bertz CT molecular complexity index is 922. The third-order valence-corrected chi connectivity index (χ3v) is 5.98. The van der Waals surface area contributed by atoms with Gasteiger partial charge in [-0.05, 0) is 36.6 Å². The molecule has 0 aliphatic rings. The molecule has 2 aromatic heterocycles. The second-order valence-electron chi connectivity index (χ2n) is 5.90. The minimum atomic E-state index is -0.346. The van der Waals surface area contributed by atoms with Crippen LogP contribution in [0.2, 0.25) is 0 Å². The molecule has 0 bridgehead atoms. The van der Waals surface area contributed by atoms with Crippen molar-refractivity contribution in [3.63, 3.8) is 0 Å². The Morgan fingerprint density at radius 2 is 2.15 bits per heavy atom. The standard InChI is InChI=1S/C18H21N5O2S2/c1-3-5-8-26-18-23-22-17(27-18)19-16(25)14-10-13(20-21-14)12-9-11(4-2)6-7-15(12)24/h6-7,9-10,24H,3-5,8H2,1-2H3,(H,20,21)(H,19,22,25). The molecule has 27 heavy (non-hydrogen) atoms. The molecule has 0 spiro atoms. The zero-order valence-corrected chi connectivity index (χ0v) is 16.8. The first-order valence-electron chi connectivity index (χ1n) is 8.76. The van der Waals surface area contributed by atoms with Crippen molar-refractivity contribution in [2.24, 2.45) is 0 Å². The highest BCUT2D eigenvalue weighted by atomic mass is 32.2. The molecular formula is C18H21N5O2S2. The van der Waals surface area contributed by atoms with Crippen molar-refractivity contribution in [3.05, 3.63) is 35.5 Å². The van der Waals surface area contributed by atoms with Gasteiger partial charge in [0.2, 0.25) is 5.13 Å². The highest BCUT2D eigenvalue weighted by Gasteiger charge is 2.15. The van der Waals surface area contributed by atoms with E-state index in [9.17, 15) is 9.90 Å². The normalized spacial score (nSPS) is 10.9. The van der Waals surface area contributed by atoms with E-state index >= 15 is 0 Å². The largest absolute Gasteiger partial charge is 0.507 e. The lowest BCUT2D eigenvalue weighted by atomic mass is 10.1. The van der Waals surface area contributed by atoms with Gasteiger partial charge in [0.1, 0.15) is 11.4 Å². The van der Waals surface area contributed by atoms with Crippen LogP contribution in [0.3, 0.4) is 0 Å². The molecule has 3 rings (SSSR count). The van der Waals surface area contributed by atoms with Crippen LogP contribution >= 0.6 is 23.1 Å². The Morgan fingerprint density at radius 1 is 1.30 bits per heavy atom. The number of phenols is 1. The molecule has 9 heteroatoms. The number of anilines is 1. The van der Waals surface area contributed by atoms with E-state index in [4.69, 9.17) is 0 Å². The third kappa shape index (κ3) is 4.86. The highest BCUT2D eigenvalue weighted by Crippen LogP contribution is 2.30. The lowest BCUT2D eigenvalue weighted by Crippen LogP contribution is -2.12. The van der Waals surface area contributed by atoms with Crippen molar-refractivity contribution >= 4 is 34.1 Å². The SMILES string of the molecule is CCCCSc1nnc(NC(=O)c2cc(-c3cc(CC)ccc3O)n[nH]2)s1. The molecular weight excluding hydrogens is 382 g/mol. The molecule has 0 radical (unpaired) electrons. The van der Waals surface area contributed by atoms with Gasteiger partial charge >= 0.3 is 0 Å². The highest BCUT2D eigenvalue weighted by molar-refractivity contribution is 8.01. The Kier molecular flexibility index (Phi) is 6.46. The van der Waals surface area contributed by atoms with Crippen LogP contribution in [0.25, 0.3) is 11.3 Å². The van der Waals surface area contributed by atoms with Crippen molar-refractivity contribution in [1.29, 1.82) is 0 Å². The predicted molar refractivity (Wildman–Crippen MR) is 109 cm³/mol. The Morgan fingerprint density at radius 3 is 2.93 bits per heavy atom. The molecule has 142 valence electrons. The lowest BCUT2D eigenvalue weighted by molar-refractivity contribution is 0.102. The number of rotatable bonds is 8. The molecule has 0 fully saturated rings. The second-order valence-corrected chi connectivity index (χ2v) is 8.22. The number of hydrogen-bond acceptors (Lipinski definition) is 7. The predicted octanol–water partition coefficient (Wildman–Crippen LogP) is 4.34. The average molecular weight is 404 g/mol. The average Bonchev–Trinajstić information content (AvgIpc) is 3.32. The number of thioether (sulfide) groups is 1. The topological polar surface area (TPSA) is 104 Å². The first kappa shape index (κ1) is 19.4. The van der Waals surface area contributed by atoms with E-state index in [-0.39, 0.29) is 11.7 Å². The molecule has 0 saturated heterocycles. The third-order valence-electron chi connectivity index (χ3n) is 3.92. The van der Waals surface area contributed by atoms with Crippen LogP contribution in [0.15, 0.2) is 28.6 Å². The minimum absolute atomic E-state index is 0.128. The van der Waals surface area contributed by atoms with Gasteiger partial charge in [0.25, 0.3) is 5.91 Å². The monoisotopic (exact) mass is 403 g/mol. The fourth-order valence-electron chi connectivity index (χ4n) is 2.37. The summed E-state index contributed by atoms with van der Waals surface area (Å²) in [6.07, 6.45) is 3.10. The number of aromatic amines is 1. The fourth-order valence-corrected chi connectivity index (χ4v) is 4.27. The number of amides is 1. The molecule has 3 N–H and O–H groups in total. The number of aryl methyl sites for hydroxylation is 1. The van der Waals surface area contributed by atoms with Crippen LogP contribution in [0.1, 0.15) is 42.7 Å². The molecule has 1 amide bonds. The van der Waals surface area contributed by atoms with E-state index in [1.807, 2.05) is 19.1 Å². The number of aromatic nitrogens is 4. The molecule has 3 aromatic rings. The summed E-state index contributed by atoms with van der Waals surface area (Å²) in [7, 11) is 0. The van der Waals surface area contributed by atoms with Crippen molar-refractivity contribution in [1.82, 2.24) is 20.4 Å². The number of carbonyl (C=O) groups is 1. The summed E-state index contributed by atoms with van der Waals surface area (Å²) in [5.41, 5.74) is 2.48. The smallest absolute Gasteiger partial charge is 0.275 e. The number of aromatic hydroxyl groups is 1. The van der Waals surface area contributed by atoms with Gasteiger partial charge in [-0.2, -0.15) is 5.10 Å². The van der Waals surface area contributed by atoms with E-state index in [0.717, 1.165) is 34.9 Å². The van der Waals surface area contributed by atoms with Gasteiger partial charge in [0, 0.05) is 11.3 Å². The van der Waals surface area contributed by atoms with Crippen LogP contribution in [-0.4, -0.2) is 37.2 Å². The van der Waals surface area contributed by atoms with Crippen molar-refractivity contribution in [2.75, 3.05) is 11.1 Å². The number of H-pyrrole nitrogens is 1. The molecule has 7 nitrogen and oxygen atoms in total. The lowest BCUT2D eigenvalue weighted by Gasteiger charge is -2.03. The minimum Gasteiger partial charge on any atom is -0.507 e. The van der Waals surface area contributed by atoms with Crippen molar-refractivity contribution in [3.8, 4) is 17.0 Å². The van der Waals surface area contributed by atoms with Crippen molar-refractivity contribution < 1.29 is 9.90 Å². The van der Waals surface area contributed by atoms with E-state index in [0.29, 0.717) is 22.1 Å². The summed E-state index contributed by atoms with van der Waals surface area (Å²) in [5, 5.41) is 28.2. The summed E-state index contributed by atoms with van der Waals surface area (Å²) in [6, 6.07) is 6.99. The molecule has 0 atom stereocenters. The first-order valence-corrected chi connectivity index (χ1v) is 10.6. The van der Waals surface area contributed by atoms with Crippen LogP contribution in [0, 0.1) is 0 Å². The van der Waals surface area contributed by atoms with Gasteiger partial charge in [-0.1, -0.05) is 49.4 Å². The number of nitrogens with one attached hydrogen (secondary N) is 2. The summed E-state index contributed by atoms with van der Waals surface area (Å²) in [5.74, 6) is 0.771. The molecule has 0 aliphatic heterocycles. The summed E-state index contributed by atoms with van der Waals surface area (Å²) in [6.45, 7) is 4.18. The van der Waals surface area contributed by atoms with Gasteiger partial charge in [-0.25, -0.2) is 0 Å². The fraction of sp³-hybridized carbons (Fsp3) is 0.333. The molecule has 0 aliphatic carbocycles. The number of unbranched alkanes of at least 4 members (excludes halogenated alkanes) is 1. The van der Waals surface area contributed by atoms with Crippen LogP contribution < -0.4 is 5.32 Å². The maximum atomic E-state index is 12.4. The number of nitrogens with zero attached hydrogens (tertiary/aromatic N) is 3. The number of phenolic OH excluding ortho intramolecular Hbond substituents is 1. The van der Waals surface area contributed by atoms with Gasteiger partial charge in [0.05, 0.1) is 5.69 Å². The van der Waals surface area contributed by atoms with Gasteiger partial charge in [-0.15, -0.1) is 10.2 Å². The van der Waals surface area contributed by atoms with E-state index in [1.54, 1.807) is 23.9 Å². The van der Waals surface area contributed by atoms with Crippen LogP contribution in [0.4, 0.5) is 5.13 Å². The summed E-state index contributed by atoms with van der Waals surface area (Å²) < 4.78 is 0.838. The Labute approximate surface area is 165 Å². The Hall–Kier alpha value is -2.39. The van der Waals surface area contributed by atoms with Crippen LogP contribution in [0.5, 0.6) is 5.75 Å². The maximum Gasteiger partial charge on any atom is 0.275 e. The molecule has 2 heterocycles. The number of hydrogen-bond donors (Lipinski definition) is 3.